The van der Waals surface area contributed by atoms with Crippen LogP contribution in [-0.2, 0) is 15.6 Å². The zero-order valence-corrected chi connectivity index (χ0v) is 8.45. The van der Waals surface area contributed by atoms with Gasteiger partial charge in [-0.1, -0.05) is 0 Å². The Labute approximate surface area is 77.6 Å². The van der Waals surface area contributed by atoms with Gasteiger partial charge in [-0.25, -0.2) is 4.79 Å². The molecule has 0 heterocycles. The monoisotopic (exact) mass is 214 g/mol. The van der Waals surface area contributed by atoms with Gasteiger partial charge >= 0.3 is 11.9 Å². The molecule has 0 aromatic heterocycles. The average molecular weight is 214 g/mol. The smallest absolute Gasteiger partial charge is 0.375 e. The van der Waals surface area contributed by atoms with Gasteiger partial charge in [0.25, 0.3) is 0 Å². The molecule has 0 aliphatic carbocycles. The molecular formula is C7H12F2O3S. The fourth-order valence-electron chi connectivity index (χ4n) is 0.443. The van der Waals surface area contributed by atoms with Crippen LogP contribution in [0.15, 0.2) is 0 Å². The molecule has 6 heteroatoms. The number of halogens is 2. The van der Waals surface area contributed by atoms with Crippen molar-refractivity contribution in [3.63, 3.8) is 0 Å². The summed E-state index contributed by atoms with van der Waals surface area (Å²) in [6.45, 7) is 4.54. The molecule has 78 valence electrons. The molecule has 0 rings (SSSR count). The Bertz CT molecular complexity index is 232. The maximum atomic E-state index is 12.5. The first-order valence-corrected chi connectivity index (χ1v) is 4.89. The quantitative estimate of drug-likeness (QED) is 0.769. The number of carboxylic acid groups (broad SMARTS) is 1. The number of rotatable bonds is 3. The van der Waals surface area contributed by atoms with Crippen LogP contribution in [0.4, 0.5) is 8.78 Å². The topological polar surface area (TPSA) is 54.4 Å². The summed E-state index contributed by atoms with van der Waals surface area (Å²) in [5.74, 6) is -7.27. The van der Waals surface area contributed by atoms with E-state index in [4.69, 9.17) is 5.11 Å². The van der Waals surface area contributed by atoms with Gasteiger partial charge in [-0.05, 0) is 20.8 Å². The van der Waals surface area contributed by atoms with Crippen molar-refractivity contribution in [3.8, 4) is 0 Å². The van der Waals surface area contributed by atoms with Gasteiger partial charge in [0.1, 0.15) is 0 Å². The number of aliphatic carboxylic acids is 1. The predicted octanol–water partition coefficient (Wildman–Crippen LogP) is 1.25. The van der Waals surface area contributed by atoms with Crippen LogP contribution >= 0.6 is 0 Å². The van der Waals surface area contributed by atoms with E-state index in [1.54, 1.807) is 0 Å². The summed E-state index contributed by atoms with van der Waals surface area (Å²) >= 11 is 0. The summed E-state index contributed by atoms with van der Waals surface area (Å²) in [5, 5.41) is 8.07. The normalized spacial score (nSPS) is 15.5. The Morgan fingerprint density at radius 1 is 1.38 bits per heavy atom. The second kappa shape index (κ2) is 3.69. The highest BCUT2D eigenvalue weighted by Gasteiger charge is 2.42. The van der Waals surface area contributed by atoms with Crippen LogP contribution in [-0.4, -0.2) is 31.7 Å². The van der Waals surface area contributed by atoms with Crippen molar-refractivity contribution in [2.24, 2.45) is 0 Å². The highest BCUT2D eigenvalue weighted by molar-refractivity contribution is 7.86. The van der Waals surface area contributed by atoms with Crippen molar-refractivity contribution >= 4 is 16.8 Å². The van der Waals surface area contributed by atoms with E-state index in [0.29, 0.717) is 0 Å². The summed E-state index contributed by atoms with van der Waals surface area (Å²) in [6.07, 6.45) is 0. The third-order valence-corrected chi connectivity index (χ3v) is 3.30. The third kappa shape index (κ3) is 3.80. The Balaban J connectivity index is 4.47. The van der Waals surface area contributed by atoms with Crippen molar-refractivity contribution < 1.29 is 22.9 Å². The maximum absolute atomic E-state index is 12.5. The first kappa shape index (κ1) is 12.5. The molecule has 0 amide bonds. The molecule has 0 aromatic carbocycles. The van der Waals surface area contributed by atoms with E-state index in [0.717, 1.165) is 0 Å². The number of carbonyl (C=O) groups is 1. The lowest BCUT2D eigenvalue weighted by atomic mass is 10.3. The zero-order valence-electron chi connectivity index (χ0n) is 7.63. The van der Waals surface area contributed by atoms with Crippen LogP contribution in [0.3, 0.4) is 0 Å². The van der Waals surface area contributed by atoms with Crippen LogP contribution < -0.4 is 0 Å². The summed E-state index contributed by atoms with van der Waals surface area (Å²) in [4.78, 5) is 10.00. The molecule has 0 saturated heterocycles. The number of carboxylic acids is 1. The van der Waals surface area contributed by atoms with Gasteiger partial charge in [0.05, 0.1) is 5.75 Å². The van der Waals surface area contributed by atoms with E-state index in [2.05, 4.69) is 0 Å². The summed E-state index contributed by atoms with van der Waals surface area (Å²) in [6, 6.07) is 0. The van der Waals surface area contributed by atoms with Crippen molar-refractivity contribution in [2.45, 2.75) is 31.4 Å². The minimum absolute atomic E-state index is 0.821. The van der Waals surface area contributed by atoms with Gasteiger partial charge in [0, 0.05) is 15.5 Å². The van der Waals surface area contributed by atoms with Crippen molar-refractivity contribution in [1.29, 1.82) is 0 Å². The molecule has 0 aliphatic heterocycles. The molecule has 3 nitrogen and oxygen atoms in total. The molecule has 0 saturated carbocycles. The summed E-state index contributed by atoms with van der Waals surface area (Å²) in [5.41, 5.74) is 0. The van der Waals surface area contributed by atoms with E-state index in [1.807, 2.05) is 0 Å². The van der Waals surface area contributed by atoms with Crippen molar-refractivity contribution in [1.82, 2.24) is 0 Å². The fourth-order valence-corrected chi connectivity index (χ4v) is 1.33. The van der Waals surface area contributed by atoms with Crippen LogP contribution in [0.5, 0.6) is 0 Å². The second-order valence-corrected chi connectivity index (χ2v) is 5.82. The van der Waals surface area contributed by atoms with Crippen LogP contribution in [0.2, 0.25) is 0 Å². The van der Waals surface area contributed by atoms with Crippen molar-refractivity contribution in [2.75, 3.05) is 5.75 Å². The first-order chi connectivity index (χ1) is 5.57. The molecule has 13 heavy (non-hydrogen) atoms. The zero-order chi connectivity index (χ0) is 10.9. The molecule has 0 bridgehead atoms. The lowest BCUT2D eigenvalue weighted by Crippen LogP contribution is -2.39. The Morgan fingerprint density at radius 3 is 2.00 bits per heavy atom. The van der Waals surface area contributed by atoms with Gasteiger partial charge in [-0.15, -0.1) is 0 Å². The van der Waals surface area contributed by atoms with Gasteiger partial charge < -0.3 is 5.11 Å². The molecule has 0 spiro atoms. The van der Waals surface area contributed by atoms with E-state index < -0.39 is 33.2 Å². The Morgan fingerprint density at radius 2 is 1.77 bits per heavy atom. The average Bonchev–Trinajstić information content (AvgIpc) is 1.83. The maximum Gasteiger partial charge on any atom is 0.375 e. The largest absolute Gasteiger partial charge is 0.477 e. The SMILES string of the molecule is CC(C)(C)S(=O)CC(F)(F)C(=O)O. The third-order valence-electron chi connectivity index (χ3n) is 1.31. The van der Waals surface area contributed by atoms with E-state index in [-0.39, 0.29) is 0 Å². The minimum atomic E-state index is -3.90. The van der Waals surface area contributed by atoms with Crippen molar-refractivity contribution in [3.05, 3.63) is 0 Å². The van der Waals surface area contributed by atoms with Crippen LogP contribution in [0.25, 0.3) is 0 Å². The predicted molar refractivity (Wildman–Crippen MR) is 45.3 cm³/mol. The minimum Gasteiger partial charge on any atom is -0.477 e. The molecule has 1 N–H and O–H groups in total. The highest BCUT2D eigenvalue weighted by Crippen LogP contribution is 2.21. The fraction of sp³-hybridized carbons (Fsp3) is 0.857. The molecule has 0 aromatic rings. The number of hydrogen-bond acceptors (Lipinski definition) is 2. The Kier molecular flexibility index (Phi) is 3.54. The van der Waals surface area contributed by atoms with E-state index in [1.165, 1.54) is 20.8 Å². The van der Waals surface area contributed by atoms with E-state index in [9.17, 15) is 17.8 Å². The molecule has 0 radical (unpaired) electrons. The molecule has 1 atom stereocenters. The lowest BCUT2D eigenvalue weighted by Gasteiger charge is -2.20. The number of alkyl halides is 2. The number of hydrogen-bond donors (Lipinski definition) is 1. The standard InChI is InChI=1S/C7H12F2O3S/c1-6(2,3)13(12)4-7(8,9)5(10)11/h4H2,1-3H3,(H,10,11). The molecule has 0 fully saturated rings. The van der Waals surface area contributed by atoms with Gasteiger partial charge in [0.2, 0.25) is 0 Å². The molecule has 1 unspecified atom stereocenters. The van der Waals surface area contributed by atoms with E-state index >= 15 is 0 Å². The second-order valence-electron chi connectivity index (χ2n) is 3.61. The van der Waals surface area contributed by atoms with Gasteiger partial charge in [-0.2, -0.15) is 8.78 Å². The Hall–Kier alpha value is -0.520. The summed E-state index contributed by atoms with van der Waals surface area (Å²) in [7, 11) is -1.86. The molecular weight excluding hydrogens is 202 g/mol. The molecule has 0 aliphatic rings. The highest BCUT2D eigenvalue weighted by atomic mass is 32.2. The summed E-state index contributed by atoms with van der Waals surface area (Å²) < 4.78 is 35.4. The lowest BCUT2D eigenvalue weighted by molar-refractivity contribution is -0.161. The van der Waals surface area contributed by atoms with Gasteiger partial charge in [-0.3, -0.25) is 4.21 Å². The van der Waals surface area contributed by atoms with Crippen LogP contribution in [0, 0.1) is 0 Å². The van der Waals surface area contributed by atoms with Crippen LogP contribution in [0.1, 0.15) is 20.8 Å². The van der Waals surface area contributed by atoms with Gasteiger partial charge in [0.15, 0.2) is 0 Å². The first-order valence-electron chi connectivity index (χ1n) is 3.57.